The topological polar surface area (TPSA) is 52.3 Å². The molecule has 0 aliphatic carbocycles. The first-order chi connectivity index (χ1) is 9.86. The van der Waals surface area contributed by atoms with Crippen LogP contribution >= 0.6 is 0 Å². The molecule has 2 aromatic carbocycles. The summed E-state index contributed by atoms with van der Waals surface area (Å²) in [6.45, 7) is 0.133. The number of hydrogen-bond acceptors (Lipinski definition) is 2. The molecule has 2 rings (SSSR count). The van der Waals surface area contributed by atoms with E-state index >= 15 is 0 Å². The highest BCUT2D eigenvalue weighted by Crippen LogP contribution is 2.29. The summed E-state index contributed by atoms with van der Waals surface area (Å²) in [5.74, 6) is -0.0378. The van der Waals surface area contributed by atoms with E-state index in [1.54, 1.807) is 12.1 Å². The number of nitrogens with two attached hydrogens (primary N) is 1. The third-order valence-corrected chi connectivity index (χ3v) is 2.83. The van der Waals surface area contributed by atoms with Crippen molar-refractivity contribution in [1.29, 1.82) is 0 Å². The van der Waals surface area contributed by atoms with Crippen LogP contribution in [0.15, 0.2) is 48.5 Å². The third-order valence-electron chi connectivity index (χ3n) is 2.83. The van der Waals surface area contributed by atoms with Crippen LogP contribution in [-0.2, 0) is 12.8 Å². The normalized spacial score (nSPS) is 11.2. The second-order valence-electron chi connectivity index (χ2n) is 4.37. The molecule has 0 atom stereocenters. The highest BCUT2D eigenvalue weighted by molar-refractivity contribution is 5.92. The van der Waals surface area contributed by atoms with Gasteiger partial charge in [-0.15, -0.1) is 0 Å². The minimum absolute atomic E-state index is 0.133. The minimum atomic E-state index is -4.34. The zero-order valence-electron chi connectivity index (χ0n) is 10.9. The molecule has 0 aliphatic rings. The smallest absolute Gasteiger partial charge is 0.416 e. The average molecular weight is 295 g/mol. The van der Waals surface area contributed by atoms with Crippen molar-refractivity contribution in [2.24, 2.45) is 5.73 Å². The number of carbonyl (C=O) groups excluding carboxylic acids is 1. The van der Waals surface area contributed by atoms with E-state index in [1.807, 2.05) is 0 Å². The number of primary amides is 1. The Bertz CT molecular complexity index is 619. The molecule has 0 fully saturated rings. The van der Waals surface area contributed by atoms with Gasteiger partial charge in [0.15, 0.2) is 0 Å². The first-order valence-electron chi connectivity index (χ1n) is 6.05. The number of ether oxygens (including phenoxy) is 1. The Morgan fingerprint density at radius 1 is 1.00 bits per heavy atom. The molecule has 21 heavy (non-hydrogen) atoms. The summed E-state index contributed by atoms with van der Waals surface area (Å²) >= 11 is 0. The number of rotatable bonds is 4. The number of amides is 1. The molecule has 3 nitrogen and oxygen atoms in total. The molecule has 6 heteroatoms. The second kappa shape index (κ2) is 5.87. The van der Waals surface area contributed by atoms with Gasteiger partial charge < -0.3 is 10.5 Å². The van der Waals surface area contributed by atoms with E-state index in [0.717, 1.165) is 12.1 Å². The van der Waals surface area contributed by atoms with Gasteiger partial charge in [-0.05, 0) is 42.0 Å². The number of alkyl halides is 3. The van der Waals surface area contributed by atoms with Crippen LogP contribution in [0.4, 0.5) is 13.2 Å². The number of carbonyl (C=O) groups is 1. The Morgan fingerprint density at radius 2 is 1.57 bits per heavy atom. The first-order valence-corrected chi connectivity index (χ1v) is 6.05. The van der Waals surface area contributed by atoms with Gasteiger partial charge in [0.25, 0.3) is 0 Å². The van der Waals surface area contributed by atoms with E-state index in [4.69, 9.17) is 10.5 Å². The maximum Gasteiger partial charge on any atom is 0.416 e. The maximum atomic E-state index is 12.4. The van der Waals surface area contributed by atoms with Crippen molar-refractivity contribution in [3.63, 3.8) is 0 Å². The highest BCUT2D eigenvalue weighted by atomic mass is 19.4. The van der Waals surface area contributed by atoms with E-state index in [9.17, 15) is 18.0 Å². The summed E-state index contributed by atoms with van der Waals surface area (Å²) in [4.78, 5) is 10.9. The lowest BCUT2D eigenvalue weighted by molar-refractivity contribution is -0.137. The van der Waals surface area contributed by atoms with Crippen LogP contribution in [0.2, 0.25) is 0 Å². The monoisotopic (exact) mass is 295 g/mol. The molecular formula is C15H12F3NO2. The first kappa shape index (κ1) is 14.9. The maximum absolute atomic E-state index is 12.4. The molecule has 0 aromatic heterocycles. The van der Waals surface area contributed by atoms with Crippen LogP contribution < -0.4 is 10.5 Å². The Labute approximate surface area is 119 Å². The molecule has 0 aliphatic heterocycles. The van der Waals surface area contributed by atoms with Crippen molar-refractivity contribution in [2.75, 3.05) is 0 Å². The zero-order chi connectivity index (χ0) is 15.5. The van der Waals surface area contributed by atoms with Crippen molar-refractivity contribution in [3.05, 3.63) is 65.2 Å². The molecule has 0 radical (unpaired) electrons. The van der Waals surface area contributed by atoms with Crippen LogP contribution in [0.5, 0.6) is 5.75 Å². The van der Waals surface area contributed by atoms with Gasteiger partial charge in [-0.3, -0.25) is 4.79 Å². The number of benzene rings is 2. The molecule has 0 saturated carbocycles. The van der Waals surface area contributed by atoms with Gasteiger partial charge in [0, 0.05) is 5.56 Å². The van der Waals surface area contributed by atoms with Gasteiger partial charge in [0.05, 0.1) is 5.56 Å². The summed E-state index contributed by atoms with van der Waals surface area (Å²) in [5, 5.41) is 0. The number of hydrogen-bond donors (Lipinski definition) is 1. The van der Waals surface area contributed by atoms with Crippen LogP contribution in [-0.4, -0.2) is 5.91 Å². The molecule has 2 aromatic rings. The van der Waals surface area contributed by atoms with Gasteiger partial charge in [-0.1, -0.05) is 12.1 Å². The van der Waals surface area contributed by atoms with E-state index in [-0.39, 0.29) is 6.61 Å². The fourth-order valence-corrected chi connectivity index (χ4v) is 1.67. The number of halogens is 3. The van der Waals surface area contributed by atoms with E-state index < -0.39 is 17.6 Å². The van der Waals surface area contributed by atoms with Crippen LogP contribution in [0.25, 0.3) is 0 Å². The second-order valence-corrected chi connectivity index (χ2v) is 4.37. The SMILES string of the molecule is NC(=O)c1ccc(OCc2ccc(C(F)(F)F)cc2)cc1. The van der Waals surface area contributed by atoms with Crippen molar-refractivity contribution in [3.8, 4) is 5.75 Å². The molecule has 2 N–H and O–H groups in total. The zero-order valence-corrected chi connectivity index (χ0v) is 10.9. The molecule has 0 heterocycles. The standard InChI is InChI=1S/C15H12F3NO2/c16-15(17,18)12-5-1-10(2-6-12)9-21-13-7-3-11(4-8-13)14(19)20/h1-8H,9H2,(H2,19,20). The van der Waals surface area contributed by atoms with Crippen molar-refractivity contribution in [1.82, 2.24) is 0 Å². The minimum Gasteiger partial charge on any atom is -0.489 e. The predicted octanol–water partition coefficient (Wildman–Crippen LogP) is 3.38. The highest BCUT2D eigenvalue weighted by Gasteiger charge is 2.29. The molecular weight excluding hydrogens is 283 g/mol. The third kappa shape index (κ3) is 3.98. The Morgan fingerprint density at radius 3 is 2.05 bits per heavy atom. The van der Waals surface area contributed by atoms with E-state index in [1.165, 1.54) is 24.3 Å². The summed E-state index contributed by atoms with van der Waals surface area (Å²) in [6.07, 6.45) is -4.34. The fourth-order valence-electron chi connectivity index (χ4n) is 1.67. The van der Waals surface area contributed by atoms with E-state index in [0.29, 0.717) is 16.9 Å². The van der Waals surface area contributed by atoms with Gasteiger partial charge in [-0.25, -0.2) is 0 Å². The van der Waals surface area contributed by atoms with E-state index in [2.05, 4.69) is 0 Å². The summed E-state index contributed by atoms with van der Waals surface area (Å²) in [6, 6.07) is 10.9. The molecule has 0 bridgehead atoms. The largest absolute Gasteiger partial charge is 0.489 e. The molecule has 0 saturated heterocycles. The quantitative estimate of drug-likeness (QED) is 0.940. The van der Waals surface area contributed by atoms with Crippen LogP contribution in [0.1, 0.15) is 21.5 Å². The summed E-state index contributed by atoms with van der Waals surface area (Å²) < 4.78 is 42.6. The molecule has 110 valence electrons. The van der Waals surface area contributed by atoms with Gasteiger partial charge in [0.2, 0.25) is 5.91 Å². The van der Waals surface area contributed by atoms with Gasteiger partial charge in [-0.2, -0.15) is 13.2 Å². The van der Waals surface area contributed by atoms with Crippen LogP contribution in [0, 0.1) is 0 Å². The molecule has 0 spiro atoms. The predicted molar refractivity (Wildman–Crippen MR) is 70.7 cm³/mol. The lowest BCUT2D eigenvalue weighted by Crippen LogP contribution is -2.10. The molecule has 0 unspecified atom stereocenters. The van der Waals surface area contributed by atoms with Gasteiger partial charge in [0.1, 0.15) is 12.4 Å². The molecule has 1 amide bonds. The van der Waals surface area contributed by atoms with Crippen molar-refractivity contribution >= 4 is 5.91 Å². The van der Waals surface area contributed by atoms with Crippen molar-refractivity contribution < 1.29 is 22.7 Å². The summed E-state index contributed by atoms with van der Waals surface area (Å²) in [5.41, 5.74) is 5.38. The Kier molecular flexibility index (Phi) is 4.16. The Hall–Kier alpha value is -2.50. The Balaban J connectivity index is 1.98. The van der Waals surface area contributed by atoms with Crippen molar-refractivity contribution in [2.45, 2.75) is 12.8 Å². The fraction of sp³-hybridized carbons (Fsp3) is 0.133. The summed E-state index contributed by atoms with van der Waals surface area (Å²) in [7, 11) is 0. The lowest BCUT2D eigenvalue weighted by Gasteiger charge is -2.09. The van der Waals surface area contributed by atoms with Crippen LogP contribution in [0.3, 0.4) is 0 Å². The average Bonchev–Trinajstić information content (AvgIpc) is 2.45. The lowest BCUT2D eigenvalue weighted by atomic mass is 10.1. The van der Waals surface area contributed by atoms with Gasteiger partial charge >= 0.3 is 6.18 Å².